The molecule has 0 radical (unpaired) electrons. The molecule has 8 nitrogen and oxygen atoms in total. The van der Waals surface area contributed by atoms with Crippen molar-refractivity contribution in [1.29, 1.82) is 0 Å². The summed E-state index contributed by atoms with van der Waals surface area (Å²) in [5.74, 6) is -0.560. The molecule has 0 saturated heterocycles. The monoisotopic (exact) mass is 477 g/mol. The van der Waals surface area contributed by atoms with Gasteiger partial charge in [-0.05, 0) is 43.4 Å². The first kappa shape index (κ1) is 22.7. The fraction of sp³-hybridized carbons (Fsp3) is 0.190. The molecule has 2 aromatic carbocycles. The number of alkyl halides is 3. The minimum Gasteiger partial charge on any atom is -0.361 e. The Kier molecular flexibility index (Phi) is 5.80. The maximum Gasteiger partial charge on any atom is 0.416 e. The minimum atomic E-state index is -4.51. The molecule has 0 unspecified atom stereocenters. The number of anilines is 2. The number of carbonyl (C=O) groups excluding carboxylic acids is 1. The minimum absolute atomic E-state index is 0.0300. The van der Waals surface area contributed by atoms with Crippen LogP contribution in [0.2, 0.25) is 0 Å². The Bertz CT molecular complexity index is 1330. The van der Waals surface area contributed by atoms with Crippen LogP contribution in [0.3, 0.4) is 0 Å². The number of hydrogen-bond donors (Lipinski definition) is 2. The summed E-state index contributed by atoms with van der Waals surface area (Å²) in [7, 11) is -2.50. The molecule has 1 amide bonds. The Hall–Kier alpha value is -3.51. The number of aromatic nitrogens is 2. The second kappa shape index (κ2) is 8.45. The van der Waals surface area contributed by atoms with Crippen LogP contribution in [0.4, 0.5) is 24.5 Å². The zero-order chi connectivity index (χ0) is 23.8. The van der Waals surface area contributed by atoms with E-state index in [9.17, 15) is 26.4 Å². The lowest BCUT2D eigenvalue weighted by Gasteiger charge is -2.18. The van der Waals surface area contributed by atoms with Crippen molar-refractivity contribution in [3.8, 4) is 0 Å². The first-order valence-electron chi connectivity index (χ1n) is 9.69. The first-order chi connectivity index (χ1) is 15.6. The lowest BCUT2D eigenvalue weighted by Crippen LogP contribution is -2.21. The number of nitrogens with one attached hydrogen (secondary N) is 2. The van der Waals surface area contributed by atoms with Crippen LogP contribution >= 0.6 is 0 Å². The van der Waals surface area contributed by atoms with Crippen LogP contribution in [0.25, 0.3) is 0 Å². The van der Waals surface area contributed by atoms with Crippen molar-refractivity contribution < 1.29 is 26.4 Å². The van der Waals surface area contributed by atoms with Gasteiger partial charge in [-0.2, -0.15) is 13.2 Å². The van der Waals surface area contributed by atoms with Crippen LogP contribution in [0.1, 0.15) is 27.2 Å². The molecule has 0 atom stereocenters. The van der Waals surface area contributed by atoms with Crippen LogP contribution < -0.4 is 14.9 Å². The predicted molar refractivity (Wildman–Crippen MR) is 114 cm³/mol. The fourth-order valence-corrected chi connectivity index (χ4v) is 3.96. The normalized spacial score (nSPS) is 13.6. The summed E-state index contributed by atoms with van der Waals surface area (Å²) in [6, 6.07) is 11.0. The van der Waals surface area contributed by atoms with E-state index in [2.05, 4.69) is 20.0 Å². The smallest absolute Gasteiger partial charge is 0.361 e. The molecule has 2 heterocycles. The van der Waals surface area contributed by atoms with E-state index >= 15 is 0 Å². The quantitative estimate of drug-likeness (QED) is 0.547. The van der Waals surface area contributed by atoms with E-state index in [1.165, 1.54) is 25.4 Å². The highest BCUT2D eigenvalue weighted by Crippen LogP contribution is 2.31. The third-order valence-corrected chi connectivity index (χ3v) is 6.28. The maximum absolute atomic E-state index is 12.9. The second-order valence-corrected chi connectivity index (χ2v) is 9.05. The molecule has 0 fully saturated rings. The van der Waals surface area contributed by atoms with Gasteiger partial charge < -0.3 is 10.2 Å². The molecule has 1 aromatic heterocycles. The molecule has 0 saturated carbocycles. The number of sulfonamides is 1. The van der Waals surface area contributed by atoms with Gasteiger partial charge in [0.15, 0.2) is 0 Å². The first-order valence-corrected chi connectivity index (χ1v) is 11.2. The van der Waals surface area contributed by atoms with Crippen molar-refractivity contribution in [3.63, 3.8) is 0 Å². The molecule has 2 N–H and O–H groups in total. The van der Waals surface area contributed by atoms with Gasteiger partial charge in [-0.15, -0.1) is 0 Å². The van der Waals surface area contributed by atoms with E-state index in [-0.39, 0.29) is 16.4 Å². The number of rotatable bonds is 5. The molecule has 0 bridgehead atoms. The molecular formula is C21H18F3N5O3S. The fourth-order valence-electron chi connectivity index (χ4n) is 3.36. The summed E-state index contributed by atoms with van der Waals surface area (Å²) in [5.41, 5.74) is 1.40. The van der Waals surface area contributed by atoms with Crippen molar-refractivity contribution in [2.45, 2.75) is 24.4 Å². The number of hydrogen-bond acceptors (Lipinski definition) is 6. The molecule has 172 valence electrons. The molecule has 33 heavy (non-hydrogen) atoms. The summed E-state index contributed by atoms with van der Waals surface area (Å²) in [6.07, 6.45) is -3.06. The number of halogens is 3. The lowest BCUT2D eigenvalue weighted by atomic mass is 10.1. The Balaban J connectivity index is 1.52. The number of nitrogens with zero attached hydrogens (tertiary/aromatic N) is 3. The Morgan fingerprint density at radius 2 is 1.85 bits per heavy atom. The summed E-state index contributed by atoms with van der Waals surface area (Å²) in [6.45, 7) is 0.719. The molecule has 12 heteroatoms. The zero-order valence-electron chi connectivity index (χ0n) is 17.2. The highest BCUT2D eigenvalue weighted by molar-refractivity contribution is 7.89. The molecule has 1 aliphatic heterocycles. The van der Waals surface area contributed by atoms with Crippen LogP contribution in [-0.4, -0.2) is 31.3 Å². The van der Waals surface area contributed by atoms with Crippen molar-refractivity contribution in [2.24, 2.45) is 0 Å². The van der Waals surface area contributed by atoms with E-state index < -0.39 is 27.7 Å². The zero-order valence-corrected chi connectivity index (χ0v) is 18.0. The van der Waals surface area contributed by atoms with E-state index in [1.54, 1.807) is 24.3 Å². The molecular weight excluding hydrogens is 459 g/mol. The largest absolute Gasteiger partial charge is 0.416 e. The summed E-state index contributed by atoms with van der Waals surface area (Å²) in [5, 5.41) is 2.16. The average Bonchev–Trinajstić information content (AvgIpc) is 3.22. The number of fused-ring (bicyclic) bond motifs is 1. The Morgan fingerprint density at radius 3 is 2.58 bits per heavy atom. The third kappa shape index (κ3) is 4.81. The average molecular weight is 477 g/mol. The molecule has 3 aromatic rings. The van der Waals surface area contributed by atoms with Gasteiger partial charge in [0.05, 0.1) is 17.8 Å². The standard InChI is InChI=1S/C21H18F3N5O3S/c1-25-33(31,32)20-26-10-14-11-29(12-18(14)28-20)17-7-2-4-13(8-17)19(30)27-16-6-3-5-15(9-16)21(22,23)24/h2-10,25H,11-12H2,1H3,(H,27,30). The SMILES string of the molecule is CNS(=O)(=O)c1ncc2c(n1)CN(c1cccc(C(=O)Nc3cccc(C(F)(F)F)c3)c1)C2. The maximum atomic E-state index is 12.9. The molecule has 0 aliphatic carbocycles. The van der Waals surface area contributed by atoms with Crippen molar-refractivity contribution in [2.75, 3.05) is 17.3 Å². The van der Waals surface area contributed by atoms with Gasteiger partial charge in [0.1, 0.15) is 0 Å². The van der Waals surface area contributed by atoms with Crippen LogP contribution in [0.15, 0.2) is 59.9 Å². The third-order valence-electron chi connectivity index (χ3n) is 5.06. The van der Waals surface area contributed by atoms with Gasteiger partial charge in [-0.25, -0.2) is 23.1 Å². The summed E-state index contributed by atoms with van der Waals surface area (Å²) in [4.78, 5) is 22.6. The van der Waals surface area contributed by atoms with E-state index in [1.807, 2.05) is 4.90 Å². The summed E-state index contributed by atoms with van der Waals surface area (Å²) < 4.78 is 64.8. The van der Waals surface area contributed by atoms with Crippen molar-refractivity contribution >= 4 is 27.3 Å². The lowest BCUT2D eigenvalue weighted by molar-refractivity contribution is -0.137. The number of benzene rings is 2. The predicted octanol–water partition coefficient (Wildman–Crippen LogP) is 3.18. The summed E-state index contributed by atoms with van der Waals surface area (Å²) >= 11 is 0. The van der Waals surface area contributed by atoms with Crippen LogP contribution in [0, 0.1) is 0 Å². The van der Waals surface area contributed by atoms with Gasteiger partial charge in [0.25, 0.3) is 21.1 Å². The molecule has 4 rings (SSSR count). The number of amides is 1. The van der Waals surface area contributed by atoms with E-state index in [0.717, 1.165) is 17.7 Å². The van der Waals surface area contributed by atoms with Gasteiger partial charge in [0, 0.05) is 35.2 Å². The second-order valence-electron chi connectivity index (χ2n) is 7.27. The Morgan fingerprint density at radius 1 is 1.09 bits per heavy atom. The van der Waals surface area contributed by atoms with Crippen molar-refractivity contribution in [3.05, 3.63) is 77.1 Å². The topological polar surface area (TPSA) is 104 Å². The highest BCUT2D eigenvalue weighted by Gasteiger charge is 2.30. The number of carbonyl (C=O) groups is 1. The van der Waals surface area contributed by atoms with Crippen LogP contribution in [0.5, 0.6) is 0 Å². The highest BCUT2D eigenvalue weighted by atomic mass is 32.2. The van der Waals surface area contributed by atoms with Gasteiger partial charge in [0.2, 0.25) is 0 Å². The molecule has 1 aliphatic rings. The van der Waals surface area contributed by atoms with E-state index in [0.29, 0.717) is 24.5 Å². The van der Waals surface area contributed by atoms with E-state index in [4.69, 9.17) is 0 Å². The van der Waals surface area contributed by atoms with Crippen molar-refractivity contribution in [1.82, 2.24) is 14.7 Å². The van der Waals surface area contributed by atoms with Crippen LogP contribution in [-0.2, 0) is 29.3 Å². The van der Waals surface area contributed by atoms with Gasteiger partial charge in [-0.1, -0.05) is 12.1 Å². The van der Waals surface area contributed by atoms with Gasteiger partial charge >= 0.3 is 6.18 Å². The molecule has 0 spiro atoms. The Labute approximate surface area is 187 Å². The van der Waals surface area contributed by atoms with Gasteiger partial charge in [-0.3, -0.25) is 4.79 Å².